The first-order valence-corrected chi connectivity index (χ1v) is 9.87. The van der Waals surface area contributed by atoms with Crippen molar-refractivity contribution in [1.82, 2.24) is 14.9 Å². The number of nitrogens with zero attached hydrogens (tertiary/aromatic N) is 2. The van der Waals surface area contributed by atoms with Crippen molar-refractivity contribution in [1.29, 1.82) is 0 Å². The topological polar surface area (TPSA) is 75.3 Å². The predicted octanol–water partition coefficient (Wildman–Crippen LogP) is 3.84. The Labute approximate surface area is 180 Å². The Kier molecular flexibility index (Phi) is 5.38. The molecular formula is C21H17ClF3N3O3. The minimum atomic E-state index is -4.60. The summed E-state index contributed by atoms with van der Waals surface area (Å²) in [4.78, 5) is 33.5. The number of ether oxygens (including phenoxy) is 1. The summed E-state index contributed by atoms with van der Waals surface area (Å²) in [6.07, 6.45) is -3.35. The second-order valence-electron chi connectivity index (χ2n) is 7.12. The van der Waals surface area contributed by atoms with E-state index in [2.05, 4.69) is 9.97 Å². The van der Waals surface area contributed by atoms with Crippen molar-refractivity contribution in [3.8, 4) is 0 Å². The van der Waals surface area contributed by atoms with Crippen molar-refractivity contribution in [3.63, 3.8) is 0 Å². The molecule has 0 saturated heterocycles. The number of hydrogen-bond acceptors (Lipinski definition) is 4. The Hall–Kier alpha value is -3.07. The van der Waals surface area contributed by atoms with Gasteiger partial charge in [-0.25, -0.2) is 4.79 Å². The molecule has 1 aliphatic heterocycles. The van der Waals surface area contributed by atoms with E-state index in [-0.39, 0.29) is 6.42 Å². The first kappa shape index (κ1) is 21.2. The highest BCUT2D eigenvalue weighted by Gasteiger charge is 2.44. The summed E-state index contributed by atoms with van der Waals surface area (Å²) < 4.78 is 43.9. The van der Waals surface area contributed by atoms with Crippen LogP contribution in [0.4, 0.5) is 13.2 Å². The van der Waals surface area contributed by atoms with Crippen LogP contribution in [0, 0.1) is 0 Å². The molecule has 0 unspecified atom stereocenters. The van der Waals surface area contributed by atoms with E-state index < -0.39 is 41.7 Å². The van der Waals surface area contributed by atoms with Gasteiger partial charge in [0.25, 0.3) is 0 Å². The first-order valence-electron chi connectivity index (χ1n) is 9.33. The summed E-state index contributed by atoms with van der Waals surface area (Å²) in [5, 5.41) is 0.856. The molecule has 4 rings (SSSR count). The van der Waals surface area contributed by atoms with E-state index in [1.54, 1.807) is 0 Å². The van der Waals surface area contributed by atoms with Gasteiger partial charge in [0.15, 0.2) is 0 Å². The van der Waals surface area contributed by atoms with Gasteiger partial charge in [0, 0.05) is 29.2 Å². The van der Waals surface area contributed by atoms with Crippen molar-refractivity contribution in [2.24, 2.45) is 0 Å². The zero-order valence-corrected chi connectivity index (χ0v) is 17.0. The number of halogens is 4. The normalized spacial score (nSPS) is 18.7. The number of carbonyl (C=O) groups excluding carboxylic acids is 2. The molecule has 162 valence electrons. The first-order chi connectivity index (χ1) is 14.8. The van der Waals surface area contributed by atoms with Crippen LogP contribution in [0.25, 0.3) is 10.9 Å². The molecule has 1 aliphatic rings. The minimum absolute atomic E-state index is 0.180. The number of fused-ring (bicyclic) bond motifs is 3. The Morgan fingerprint density at radius 3 is 2.61 bits per heavy atom. The molecule has 0 radical (unpaired) electrons. The quantitative estimate of drug-likeness (QED) is 0.485. The molecule has 6 nitrogen and oxygen atoms in total. The number of amides is 1. The van der Waals surface area contributed by atoms with Crippen LogP contribution in [-0.2, 0) is 26.9 Å². The lowest BCUT2D eigenvalue weighted by molar-refractivity contribution is -0.154. The van der Waals surface area contributed by atoms with E-state index in [1.807, 2.05) is 24.3 Å². The van der Waals surface area contributed by atoms with Gasteiger partial charge in [-0.05, 0) is 23.3 Å². The third-order valence-electron chi connectivity index (χ3n) is 5.40. The molecule has 10 heteroatoms. The van der Waals surface area contributed by atoms with Crippen LogP contribution in [0.5, 0.6) is 0 Å². The van der Waals surface area contributed by atoms with Gasteiger partial charge in [0.2, 0.25) is 5.91 Å². The number of pyridine rings is 1. The fourth-order valence-electron chi connectivity index (χ4n) is 4.07. The number of para-hydroxylation sites is 1. The lowest BCUT2D eigenvalue weighted by atomic mass is 9.88. The predicted molar refractivity (Wildman–Crippen MR) is 106 cm³/mol. The monoisotopic (exact) mass is 451 g/mol. The van der Waals surface area contributed by atoms with Crippen molar-refractivity contribution in [3.05, 3.63) is 65.1 Å². The number of nitrogens with one attached hydrogen (secondary N) is 1. The molecule has 0 saturated carbocycles. The number of alkyl halides is 4. The minimum Gasteiger partial charge on any atom is -0.467 e. The standard InChI is InChI=1S/C21H17ClF3N3O3/c1-31-20(30)15-8-13-12-4-2-3-5-14(12)27-18(13)19(28(15)17(29)9-22)11-6-7-16(26-10-11)21(23,24)25/h2-7,10,15,19,27H,8-9H2,1H3/t15-,19+/m1/s1. The molecule has 0 spiro atoms. The SMILES string of the molecule is COC(=O)[C@H]1Cc2c([nH]c3ccccc23)[C@H](c2ccc(C(F)(F)F)nc2)N1C(=O)CCl. The second-order valence-corrected chi connectivity index (χ2v) is 7.38. The lowest BCUT2D eigenvalue weighted by Gasteiger charge is -2.40. The van der Waals surface area contributed by atoms with Crippen LogP contribution in [0.3, 0.4) is 0 Å². The van der Waals surface area contributed by atoms with Gasteiger partial charge in [-0.15, -0.1) is 11.6 Å². The van der Waals surface area contributed by atoms with Gasteiger partial charge in [-0.1, -0.05) is 24.3 Å². The third-order valence-corrected chi connectivity index (χ3v) is 5.63. The highest BCUT2D eigenvalue weighted by molar-refractivity contribution is 6.27. The highest BCUT2D eigenvalue weighted by Crippen LogP contribution is 2.41. The zero-order valence-electron chi connectivity index (χ0n) is 16.2. The number of rotatable bonds is 3. The van der Waals surface area contributed by atoms with E-state index in [0.29, 0.717) is 11.3 Å². The number of H-pyrrole nitrogens is 1. The zero-order chi connectivity index (χ0) is 22.3. The summed E-state index contributed by atoms with van der Waals surface area (Å²) in [5.41, 5.74) is 1.42. The number of benzene rings is 1. The maximum atomic E-state index is 13.0. The van der Waals surface area contributed by atoms with Crippen LogP contribution >= 0.6 is 11.6 Å². The van der Waals surface area contributed by atoms with Gasteiger partial charge >= 0.3 is 12.1 Å². The average Bonchev–Trinajstić information content (AvgIpc) is 3.14. The van der Waals surface area contributed by atoms with E-state index in [4.69, 9.17) is 16.3 Å². The highest BCUT2D eigenvalue weighted by atomic mass is 35.5. The largest absolute Gasteiger partial charge is 0.467 e. The van der Waals surface area contributed by atoms with Crippen LogP contribution in [0.2, 0.25) is 0 Å². The Morgan fingerprint density at radius 1 is 1.26 bits per heavy atom. The number of hydrogen-bond donors (Lipinski definition) is 1. The Balaban J connectivity index is 1.94. The number of aromatic nitrogens is 2. The van der Waals surface area contributed by atoms with Crippen molar-refractivity contribution in [2.45, 2.75) is 24.7 Å². The molecular weight excluding hydrogens is 435 g/mol. The van der Waals surface area contributed by atoms with E-state index >= 15 is 0 Å². The van der Waals surface area contributed by atoms with Gasteiger partial charge in [-0.3, -0.25) is 9.78 Å². The third kappa shape index (κ3) is 3.63. The maximum absolute atomic E-state index is 13.0. The molecule has 1 aromatic carbocycles. The molecule has 0 bridgehead atoms. The van der Waals surface area contributed by atoms with E-state index in [9.17, 15) is 22.8 Å². The molecule has 2 aromatic heterocycles. The molecule has 3 aromatic rings. The number of aromatic amines is 1. The molecule has 0 aliphatic carbocycles. The molecule has 31 heavy (non-hydrogen) atoms. The fraction of sp³-hybridized carbons (Fsp3) is 0.286. The summed E-state index contributed by atoms with van der Waals surface area (Å²) >= 11 is 5.82. The van der Waals surface area contributed by atoms with E-state index in [1.165, 1.54) is 18.1 Å². The number of methoxy groups -OCH3 is 1. The Morgan fingerprint density at radius 2 is 2.00 bits per heavy atom. The summed E-state index contributed by atoms with van der Waals surface area (Å²) in [6, 6.07) is 7.62. The number of carbonyl (C=O) groups is 2. The molecule has 0 fully saturated rings. The van der Waals surface area contributed by atoms with Gasteiger partial charge in [0.1, 0.15) is 17.6 Å². The van der Waals surface area contributed by atoms with Crippen molar-refractivity contribution >= 4 is 34.4 Å². The molecule has 3 heterocycles. The Bertz CT molecular complexity index is 1140. The lowest BCUT2D eigenvalue weighted by Crippen LogP contribution is -2.52. The molecule has 1 amide bonds. The summed E-state index contributed by atoms with van der Waals surface area (Å²) in [7, 11) is 1.21. The van der Waals surface area contributed by atoms with Crippen LogP contribution in [-0.4, -0.2) is 45.8 Å². The second kappa shape index (κ2) is 7.88. The van der Waals surface area contributed by atoms with Crippen LogP contribution < -0.4 is 0 Å². The van der Waals surface area contributed by atoms with Crippen molar-refractivity contribution < 1.29 is 27.5 Å². The smallest absolute Gasteiger partial charge is 0.433 e. The van der Waals surface area contributed by atoms with E-state index in [0.717, 1.165) is 28.7 Å². The van der Waals surface area contributed by atoms with Crippen molar-refractivity contribution in [2.75, 3.05) is 13.0 Å². The summed E-state index contributed by atoms with van der Waals surface area (Å²) in [5.74, 6) is -1.60. The van der Waals surface area contributed by atoms with Gasteiger partial charge in [0.05, 0.1) is 13.2 Å². The van der Waals surface area contributed by atoms with Gasteiger partial charge < -0.3 is 14.6 Å². The summed E-state index contributed by atoms with van der Waals surface area (Å²) in [6.45, 7) is 0. The van der Waals surface area contributed by atoms with Crippen LogP contribution in [0.15, 0.2) is 42.6 Å². The fourth-order valence-corrected chi connectivity index (χ4v) is 4.20. The molecule has 1 N–H and O–H groups in total. The molecule has 2 atom stereocenters. The maximum Gasteiger partial charge on any atom is 0.433 e. The number of esters is 1. The average molecular weight is 452 g/mol. The van der Waals surface area contributed by atoms with Crippen LogP contribution in [0.1, 0.15) is 28.6 Å². The van der Waals surface area contributed by atoms with Gasteiger partial charge in [-0.2, -0.15) is 13.2 Å².